The molecule has 0 bridgehead atoms. The van der Waals surface area contributed by atoms with Crippen LogP contribution < -0.4 is 0 Å². The minimum Gasteiger partial charge on any atom is -0.467 e. The Morgan fingerprint density at radius 2 is 2.04 bits per heavy atom. The Labute approximate surface area is 152 Å². The van der Waals surface area contributed by atoms with Crippen molar-refractivity contribution in [2.45, 2.75) is 33.2 Å². The number of pyridine rings is 1. The minimum absolute atomic E-state index is 0.0278. The normalized spacial score (nSPS) is 10.7. The fourth-order valence-electron chi connectivity index (χ4n) is 3.16. The fraction of sp³-hybridized carbons (Fsp3) is 0.286. The average Bonchev–Trinajstić information content (AvgIpc) is 3.15. The quantitative estimate of drug-likeness (QED) is 0.677. The van der Waals surface area contributed by atoms with Crippen molar-refractivity contribution >= 4 is 16.8 Å². The number of hydrogen-bond donors (Lipinski definition) is 0. The number of aryl methyl sites for hydroxylation is 2. The molecule has 0 saturated heterocycles. The van der Waals surface area contributed by atoms with Crippen molar-refractivity contribution in [1.29, 1.82) is 5.26 Å². The molecule has 3 aromatic rings. The zero-order valence-corrected chi connectivity index (χ0v) is 15.0. The molecule has 0 saturated carbocycles. The number of nitriles is 1. The van der Waals surface area contributed by atoms with Crippen LogP contribution in [0.25, 0.3) is 10.9 Å². The lowest BCUT2D eigenvalue weighted by atomic mass is 9.99. The molecule has 0 spiro atoms. The van der Waals surface area contributed by atoms with Crippen LogP contribution in [-0.2, 0) is 17.8 Å². The molecule has 132 valence electrons. The van der Waals surface area contributed by atoms with E-state index in [0.717, 1.165) is 27.7 Å². The van der Waals surface area contributed by atoms with Crippen molar-refractivity contribution in [3.8, 4) is 6.07 Å². The van der Waals surface area contributed by atoms with Gasteiger partial charge in [-0.25, -0.2) is 0 Å². The highest BCUT2D eigenvalue weighted by molar-refractivity contribution is 5.86. The monoisotopic (exact) mass is 347 g/mol. The maximum atomic E-state index is 12.9. The van der Waals surface area contributed by atoms with Gasteiger partial charge in [-0.1, -0.05) is 18.2 Å². The molecule has 1 aromatic carbocycles. The highest BCUT2D eigenvalue weighted by Crippen LogP contribution is 2.23. The summed E-state index contributed by atoms with van der Waals surface area (Å²) in [5.74, 6) is 0.682. The van der Waals surface area contributed by atoms with Crippen LogP contribution in [0.5, 0.6) is 0 Å². The summed E-state index contributed by atoms with van der Waals surface area (Å²) in [4.78, 5) is 19.3. The Bertz CT molecular complexity index is 955. The van der Waals surface area contributed by atoms with Gasteiger partial charge in [0, 0.05) is 17.6 Å². The molecule has 0 atom stereocenters. The predicted octanol–water partition coefficient (Wildman–Crippen LogP) is 3.93. The van der Waals surface area contributed by atoms with Gasteiger partial charge in [0.25, 0.3) is 0 Å². The number of carbonyl (C=O) groups is 1. The van der Waals surface area contributed by atoms with Gasteiger partial charge in [0.15, 0.2) is 0 Å². The Morgan fingerprint density at radius 3 is 2.77 bits per heavy atom. The zero-order chi connectivity index (χ0) is 18.5. The van der Waals surface area contributed by atoms with E-state index in [0.29, 0.717) is 25.3 Å². The molecular formula is C21H21N3O2. The van der Waals surface area contributed by atoms with Gasteiger partial charge in [-0.2, -0.15) is 5.26 Å². The molecule has 2 aromatic heterocycles. The number of furan rings is 1. The molecular weight excluding hydrogens is 326 g/mol. The van der Waals surface area contributed by atoms with Gasteiger partial charge < -0.3 is 9.32 Å². The summed E-state index contributed by atoms with van der Waals surface area (Å²) in [5.41, 5.74) is 3.85. The van der Waals surface area contributed by atoms with Crippen LogP contribution in [0, 0.1) is 25.2 Å². The minimum atomic E-state index is -0.0278. The van der Waals surface area contributed by atoms with E-state index in [1.807, 2.05) is 44.2 Å². The lowest BCUT2D eigenvalue weighted by Crippen LogP contribution is -2.33. The standard InChI is InChI=1S/C21H21N3O2/c1-15-18-8-3-4-9-20(18)23-16(2)19(15)13-21(25)24(11-6-10-22)14-17-7-5-12-26-17/h3-5,7-9,12H,6,11,13-14H2,1-2H3. The number of rotatable bonds is 6. The first-order valence-electron chi connectivity index (χ1n) is 8.62. The van der Waals surface area contributed by atoms with Crippen LogP contribution in [0.2, 0.25) is 0 Å². The third kappa shape index (κ3) is 3.75. The van der Waals surface area contributed by atoms with E-state index in [9.17, 15) is 4.79 Å². The largest absolute Gasteiger partial charge is 0.467 e. The van der Waals surface area contributed by atoms with Gasteiger partial charge >= 0.3 is 0 Å². The second-order valence-electron chi connectivity index (χ2n) is 6.30. The van der Waals surface area contributed by atoms with Crippen LogP contribution in [0.4, 0.5) is 0 Å². The molecule has 5 nitrogen and oxygen atoms in total. The van der Waals surface area contributed by atoms with Crippen molar-refractivity contribution in [3.05, 3.63) is 65.2 Å². The zero-order valence-electron chi connectivity index (χ0n) is 15.0. The van der Waals surface area contributed by atoms with Crippen LogP contribution >= 0.6 is 0 Å². The molecule has 0 unspecified atom stereocenters. The Kier molecular flexibility index (Phi) is 5.33. The van der Waals surface area contributed by atoms with E-state index in [-0.39, 0.29) is 12.3 Å². The SMILES string of the molecule is Cc1nc2ccccc2c(C)c1CC(=O)N(CCC#N)Cc1ccco1. The van der Waals surface area contributed by atoms with Crippen LogP contribution in [-0.4, -0.2) is 22.3 Å². The Morgan fingerprint density at radius 1 is 1.23 bits per heavy atom. The van der Waals surface area contributed by atoms with Gasteiger partial charge in [0.1, 0.15) is 5.76 Å². The average molecular weight is 347 g/mol. The molecule has 0 N–H and O–H groups in total. The summed E-state index contributed by atoms with van der Waals surface area (Å²) in [7, 11) is 0. The highest BCUT2D eigenvalue weighted by atomic mass is 16.3. The van der Waals surface area contributed by atoms with Crippen LogP contribution in [0.3, 0.4) is 0 Å². The first-order chi connectivity index (χ1) is 12.6. The molecule has 1 amide bonds. The summed E-state index contributed by atoms with van der Waals surface area (Å²) in [6.07, 6.45) is 2.14. The topological polar surface area (TPSA) is 70.1 Å². The predicted molar refractivity (Wildman–Crippen MR) is 99.3 cm³/mol. The summed E-state index contributed by atoms with van der Waals surface area (Å²) in [5, 5.41) is 9.96. The van der Waals surface area contributed by atoms with Gasteiger partial charge in [-0.15, -0.1) is 0 Å². The molecule has 0 aliphatic rings. The third-order valence-corrected chi connectivity index (χ3v) is 4.59. The summed E-state index contributed by atoms with van der Waals surface area (Å²) < 4.78 is 5.36. The van der Waals surface area contributed by atoms with E-state index in [1.54, 1.807) is 17.2 Å². The lowest BCUT2D eigenvalue weighted by Gasteiger charge is -2.22. The second kappa shape index (κ2) is 7.83. The second-order valence-corrected chi connectivity index (χ2v) is 6.30. The fourth-order valence-corrected chi connectivity index (χ4v) is 3.16. The van der Waals surface area contributed by atoms with E-state index >= 15 is 0 Å². The maximum Gasteiger partial charge on any atom is 0.227 e. The number of hydrogen-bond acceptors (Lipinski definition) is 4. The van der Waals surface area contributed by atoms with Crippen LogP contribution in [0.15, 0.2) is 47.1 Å². The van der Waals surface area contributed by atoms with Gasteiger partial charge in [-0.3, -0.25) is 9.78 Å². The smallest absolute Gasteiger partial charge is 0.227 e. The van der Waals surface area contributed by atoms with Gasteiger partial charge in [0.2, 0.25) is 5.91 Å². The third-order valence-electron chi connectivity index (χ3n) is 4.59. The van der Waals surface area contributed by atoms with Crippen LogP contribution in [0.1, 0.15) is 29.0 Å². The van der Waals surface area contributed by atoms with Crippen molar-refractivity contribution in [1.82, 2.24) is 9.88 Å². The molecule has 2 heterocycles. The number of para-hydroxylation sites is 1. The Balaban J connectivity index is 1.86. The van der Waals surface area contributed by atoms with Gasteiger partial charge in [0.05, 0.1) is 37.2 Å². The van der Waals surface area contributed by atoms with E-state index in [2.05, 4.69) is 11.1 Å². The van der Waals surface area contributed by atoms with Gasteiger partial charge in [-0.05, 0) is 43.2 Å². The molecule has 0 fully saturated rings. The molecule has 0 aliphatic heterocycles. The lowest BCUT2D eigenvalue weighted by molar-refractivity contribution is -0.131. The summed E-state index contributed by atoms with van der Waals surface area (Å²) >= 11 is 0. The van der Waals surface area contributed by atoms with E-state index < -0.39 is 0 Å². The first kappa shape index (κ1) is 17.7. The van der Waals surface area contributed by atoms with Crippen molar-refractivity contribution in [2.75, 3.05) is 6.54 Å². The highest BCUT2D eigenvalue weighted by Gasteiger charge is 2.19. The number of benzene rings is 1. The van der Waals surface area contributed by atoms with Crippen molar-refractivity contribution < 1.29 is 9.21 Å². The molecule has 5 heteroatoms. The number of amides is 1. The molecule has 3 rings (SSSR count). The summed E-state index contributed by atoms with van der Waals surface area (Å²) in [6, 6.07) is 13.7. The van der Waals surface area contributed by atoms with E-state index in [1.165, 1.54) is 0 Å². The first-order valence-corrected chi connectivity index (χ1v) is 8.62. The van der Waals surface area contributed by atoms with E-state index in [4.69, 9.17) is 9.68 Å². The van der Waals surface area contributed by atoms with Crippen molar-refractivity contribution in [2.24, 2.45) is 0 Å². The number of aromatic nitrogens is 1. The number of nitrogens with zero attached hydrogens (tertiary/aromatic N) is 3. The maximum absolute atomic E-state index is 12.9. The summed E-state index contributed by atoms with van der Waals surface area (Å²) in [6.45, 7) is 4.72. The molecule has 0 radical (unpaired) electrons. The van der Waals surface area contributed by atoms with Crippen molar-refractivity contribution in [3.63, 3.8) is 0 Å². The molecule has 26 heavy (non-hydrogen) atoms. The number of carbonyl (C=O) groups excluding carboxylic acids is 1. The Hall–Kier alpha value is -3.13. The molecule has 0 aliphatic carbocycles. The number of fused-ring (bicyclic) bond motifs is 1.